The van der Waals surface area contributed by atoms with Gasteiger partial charge in [0.2, 0.25) is 0 Å². The van der Waals surface area contributed by atoms with Gasteiger partial charge in [-0.1, -0.05) is 37.9 Å². The maximum Gasteiger partial charge on any atom is 0.328 e. The largest absolute Gasteiger partial charge is 0.328 e. The van der Waals surface area contributed by atoms with E-state index in [9.17, 15) is 18.8 Å². The third-order valence-corrected chi connectivity index (χ3v) is 6.30. The van der Waals surface area contributed by atoms with Crippen LogP contribution in [0, 0.1) is 12.7 Å². The van der Waals surface area contributed by atoms with Crippen LogP contribution in [0.15, 0.2) is 75.7 Å². The van der Waals surface area contributed by atoms with Gasteiger partial charge in [-0.2, -0.15) is 0 Å². The molecule has 1 heterocycles. The second-order valence-corrected chi connectivity index (χ2v) is 9.16. The molecule has 0 bridgehead atoms. The predicted octanol–water partition coefficient (Wildman–Crippen LogP) is 5.57. The summed E-state index contributed by atoms with van der Waals surface area (Å²) in [5.41, 5.74) is 4.71. The zero-order valence-corrected chi connectivity index (χ0v) is 20.8. The number of carbonyl (C=O) groups is 3. The van der Waals surface area contributed by atoms with Crippen molar-refractivity contribution in [2.24, 2.45) is 0 Å². The summed E-state index contributed by atoms with van der Waals surface area (Å²) in [6.45, 7) is 1.89. The summed E-state index contributed by atoms with van der Waals surface area (Å²) in [6, 6.07) is 17.4. The van der Waals surface area contributed by atoms with Crippen LogP contribution in [0.25, 0.3) is 10.9 Å². The first-order chi connectivity index (χ1) is 16.2. The summed E-state index contributed by atoms with van der Waals surface area (Å²) in [6.07, 6.45) is 0. The number of hydrogen-bond donors (Lipinski definition) is 3. The Kier molecular flexibility index (Phi) is 6.80. The van der Waals surface area contributed by atoms with Crippen LogP contribution in [0.3, 0.4) is 0 Å². The van der Waals surface area contributed by atoms with Crippen molar-refractivity contribution in [3.8, 4) is 0 Å². The number of aryl methyl sites for hydroxylation is 1. The van der Waals surface area contributed by atoms with Gasteiger partial charge in [0.15, 0.2) is 0 Å². The monoisotopic (exact) mass is 586 g/mol. The van der Waals surface area contributed by atoms with E-state index in [4.69, 9.17) is 0 Å². The molecule has 4 rings (SSSR count). The van der Waals surface area contributed by atoms with Crippen LogP contribution in [0.4, 0.5) is 15.8 Å². The molecule has 7 nitrogen and oxygen atoms in total. The Balaban J connectivity index is 1.63. The molecule has 0 radical (unpaired) electrons. The number of amides is 3. The molecule has 0 spiro atoms. The zero-order chi connectivity index (χ0) is 24.4. The number of aromatic nitrogens is 1. The normalized spacial score (nSPS) is 10.7. The Morgan fingerprint density at radius 3 is 2.35 bits per heavy atom. The number of nitrogens with one attached hydrogen (secondary N) is 3. The lowest BCUT2D eigenvalue weighted by molar-refractivity contribution is -0.133. The molecule has 1 aromatic heterocycles. The fraction of sp³-hybridized carbons (Fsp3) is 0.0417. The molecule has 10 heteroatoms. The van der Waals surface area contributed by atoms with Gasteiger partial charge in [-0.05, 0) is 73.2 Å². The summed E-state index contributed by atoms with van der Waals surface area (Å²) in [5.74, 6) is -3.08. The highest BCUT2D eigenvalue weighted by atomic mass is 79.9. The second-order valence-electron chi connectivity index (χ2n) is 7.39. The summed E-state index contributed by atoms with van der Waals surface area (Å²) in [4.78, 5) is 38.2. The quantitative estimate of drug-likeness (QED) is 0.272. The Labute approximate surface area is 210 Å². The molecule has 0 saturated carbocycles. The van der Waals surface area contributed by atoms with E-state index in [-0.39, 0.29) is 11.4 Å². The minimum Gasteiger partial charge on any atom is -0.321 e. The van der Waals surface area contributed by atoms with Crippen LogP contribution in [0.1, 0.15) is 16.1 Å². The molecular weight excluding hydrogens is 571 g/mol. The molecule has 0 aliphatic heterocycles. The number of hydrogen-bond acceptors (Lipinski definition) is 3. The number of benzene rings is 3. The molecule has 3 aromatic carbocycles. The molecule has 34 heavy (non-hydrogen) atoms. The van der Waals surface area contributed by atoms with Crippen LogP contribution in [0.2, 0.25) is 0 Å². The van der Waals surface area contributed by atoms with Gasteiger partial charge in [0.05, 0.1) is 5.52 Å². The van der Waals surface area contributed by atoms with E-state index in [0.29, 0.717) is 16.6 Å². The number of fused-ring (bicyclic) bond motifs is 1. The number of carbonyl (C=O) groups excluding carboxylic acids is 3. The summed E-state index contributed by atoms with van der Waals surface area (Å²) in [7, 11) is 0. The minimum atomic E-state index is -1.03. The molecule has 0 atom stereocenters. The van der Waals surface area contributed by atoms with Crippen molar-refractivity contribution >= 4 is 71.9 Å². The molecule has 172 valence electrons. The van der Waals surface area contributed by atoms with Crippen LogP contribution in [-0.4, -0.2) is 22.4 Å². The van der Waals surface area contributed by atoms with E-state index >= 15 is 0 Å². The van der Waals surface area contributed by atoms with Crippen molar-refractivity contribution in [1.82, 2.24) is 4.68 Å². The van der Waals surface area contributed by atoms with Crippen molar-refractivity contribution < 1.29 is 18.8 Å². The van der Waals surface area contributed by atoms with Gasteiger partial charge in [-0.15, -0.1) is 0 Å². The number of anilines is 2. The van der Waals surface area contributed by atoms with Gasteiger partial charge in [-0.25, -0.2) is 9.07 Å². The third-order valence-electron chi connectivity index (χ3n) is 4.91. The van der Waals surface area contributed by atoms with E-state index in [1.165, 1.54) is 22.9 Å². The Morgan fingerprint density at radius 1 is 0.853 bits per heavy atom. The average Bonchev–Trinajstić information content (AvgIpc) is 3.13. The predicted molar refractivity (Wildman–Crippen MR) is 136 cm³/mol. The smallest absolute Gasteiger partial charge is 0.321 e. The molecular formula is C24H17Br2FN4O3. The number of nitrogens with zero attached hydrogens (tertiary/aromatic N) is 1. The first-order valence-electron chi connectivity index (χ1n) is 9.97. The lowest BCUT2D eigenvalue weighted by atomic mass is 10.2. The van der Waals surface area contributed by atoms with Gasteiger partial charge in [0, 0.05) is 25.7 Å². The van der Waals surface area contributed by atoms with Crippen molar-refractivity contribution in [3.05, 3.63) is 92.8 Å². The summed E-state index contributed by atoms with van der Waals surface area (Å²) in [5, 5.41) is 5.80. The van der Waals surface area contributed by atoms with E-state index in [1.54, 1.807) is 36.4 Å². The van der Waals surface area contributed by atoms with Crippen molar-refractivity contribution in [2.75, 3.05) is 16.1 Å². The van der Waals surface area contributed by atoms with Gasteiger partial charge in [0.1, 0.15) is 11.5 Å². The minimum absolute atomic E-state index is 0.112. The zero-order valence-electron chi connectivity index (χ0n) is 17.7. The molecule has 0 fully saturated rings. The van der Waals surface area contributed by atoms with E-state index < -0.39 is 23.5 Å². The Morgan fingerprint density at radius 2 is 1.62 bits per heavy atom. The topological polar surface area (TPSA) is 92.2 Å². The molecule has 0 saturated heterocycles. The fourth-order valence-corrected chi connectivity index (χ4v) is 3.92. The van der Waals surface area contributed by atoms with Gasteiger partial charge >= 0.3 is 11.8 Å². The molecule has 3 N–H and O–H groups in total. The third kappa shape index (κ3) is 5.18. The van der Waals surface area contributed by atoms with Gasteiger partial charge in [-0.3, -0.25) is 19.8 Å². The first kappa shape index (κ1) is 23.7. The summed E-state index contributed by atoms with van der Waals surface area (Å²) >= 11 is 6.82. The lowest BCUT2D eigenvalue weighted by Gasteiger charge is -2.13. The highest BCUT2D eigenvalue weighted by Gasteiger charge is 2.21. The van der Waals surface area contributed by atoms with E-state index in [0.717, 1.165) is 20.6 Å². The average molecular weight is 588 g/mol. The Bertz CT molecular complexity index is 1450. The molecule has 0 aliphatic carbocycles. The molecule has 3 amide bonds. The Hall–Kier alpha value is -3.50. The highest BCUT2D eigenvalue weighted by Crippen LogP contribution is 2.25. The van der Waals surface area contributed by atoms with Gasteiger partial charge < -0.3 is 10.6 Å². The molecule has 0 unspecified atom stereocenters. The number of rotatable bonds is 4. The lowest BCUT2D eigenvalue weighted by Crippen LogP contribution is -2.36. The van der Waals surface area contributed by atoms with E-state index in [2.05, 4.69) is 47.9 Å². The van der Waals surface area contributed by atoms with E-state index in [1.807, 2.05) is 13.0 Å². The highest BCUT2D eigenvalue weighted by molar-refractivity contribution is 9.10. The standard InChI is InChI=1S/C24H17Br2FN4O3/c1-13-9-18(6-7-19(13)26)28-22(32)21-11-14-10-15(25)5-8-20(14)31(21)30-24(34)23(33)29-17-4-2-3-16(27)12-17/h2-12H,1H3,(H,28,32)(H,29,33)(H,30,34). The van der Waals surface area contributed by atoms with Crippen molar-refractivity contribution in [2.45, 2.75) is 6.92 Å². The van der Waals surface area contributed by atoms with Crippen molar-refractivity contribution in [1.29, 1.82) is 0 Å². The molecule has 0 aliphatic rings. The fourth-order valence-electron chi connectivity index (χ4n) is 3.30. The van der Waals surface area contributed by atoms with Crippen LogP contribution >= 0.6 is 31.9 Å². The van der Waals surface area contributed by atoms with Crippen molar-refractivity contribution in [3.63, 3.8) is 0 Å². The maximum absolute atomic E-state index is 13.4. The second kappa shape index (κ2) is 9.78. The van der Waals surface area contributed by atoms with Crippen LogP contribution in [0.5, 0.6) is 0 Å². The summed E-state index contributed by atoms with van der Waals surface area (Å²) < 4.78 is 16.3. The first-order valence-corrected chi connectivity index (χ1v) is 11.6. The van der Waals surface area contributed by atoms with Crippen LogP contribution < -0.4 is 16.1 Å². The van der Waals surface area contributed by atoms with Gasteiger partial charge in [0.25, 0.3) is 5.91 Å². The SMILES string of the molecule is Cc1cc(NC(=O)c2cc3cc(Br)ccc3n2NC(=O)C(=O)Nc2cccc(F)c2)ccc1Br. The van der Waals surface area contributed by atoms with Crippen LogP contribution in [-0.2, 0) is 9.59 Å². The maximum atomic E-state index is 13.4. The molecule has 4 aromatic rings. The number of halogens is 3.